The molecule has 27 heavy (non-hydrogen) atoms. The van der Waals surface area contributed by atoms with Gasteiger partial charge in [-0.15, -0.1) is 0 Å². The fraction of sp³-hybridized carbons (Fsp3) is 0.300. The molecule has 2 N–H and O–H groups in total. The first-order chi connectivity index (χ1) is 13.1. The van der Waals surface area contributed by atoms with Crippen molar-refractivity contribution in [2.75, 3.05) is 23.8 Å². The van der Waals surface area contributed by atoms with Crippen LogP contribution in [0.5, 0.6) is 5.75 Å². The highest BCUT2D eigenvalue weighted by Crippen LogP contribution is 2.36. The average Bonchev–Trinajstić information content (AvgIpc) is 3.12. The van der Waals surface area contributed by atoms with E-state index < -0.39 is 0 Å². The number of carbonyl (C=O) groups excluding carboxylic acids is 2. The first kappa shape index (κ1) is 17.5. The van der Waals surface area contributed by atoms with E-state index in [4.69, 9.17) is 4.74 Å². The molecular formula is C20H20FN3O3. The van der Waals surface area contributed by atoms with Gasteiger partial charge in [-0.2, -0.15) is 0 Å². The number of amides is 2. The number of nitrogens with zero attached hydrogens (tertiary/aromatic N) is 1. The van der Waals surface area contributed by atoms with Crippen LogP contribution in [0.1, 0.15) is 18.4 Å². The lowest BCUT2D eigenvalue weighted by atomic mass is 10.1. The Bertz CT molecular complexity index is 887. The third kappa shape index (κ3) is 3.64. The van der Waals surface area contributed by atoms with E-state index in [0.29, 0.717) is 35.7 Å². The molecule has 0 saturated carbocycles. The highest BCUT2D eigenvalue weighted by molar-refractivity contribution is 6.01. The van der Waals surface area contributed by atoms with Gasteiger partial charge < -0.3 is 15.4 Å². The maximum atomic E-state index is 14.0. The first-order valence-electron chi connectivity index (χ1n) is 8.96. The second-order valence-electron chi connectivity index (χ2n) is 6.73. The Morgan fingerprint density at radius 1 is 1.26 bits per heavy atom. The van der Waals surface area contributed by atoms with Crippen molar-refractivity contribution < 1.29 is 18.7 Å². The van der Waals surface area contributed by atoms with Crippen molar-refractivity contribution in [1.29, 1.82) is 0 Å². The summed E-state index contributed by atoms with van der Waals surface area (Å²) in [6, 6.07) is 11.5. The summed E-state index contributed by atoms with van der Waals surface area (Å²) in [6.45, 7) is 1.05. The van der Waals surface area contributed by atoms with Gasteiger partial charge in [0.2, 0.25) is 5.91 Å². The summed E-state index contributed by atoms with van der Waals surface area (Å²) < 4.78 is 19.4. The lowest BCUT2D eigenvalue weighted by molar-refractivity contribution is -0.120. The van der Waals surface area contributed by atoms with Gasteiger partial charge in [0.15, 0.2) is 12.4 Å². The normalized spacial score (nSPS) is 19.1. The molecule has 1 saturated heterocycles. The van der Waals surface area contributed by atoms with Gasteiger partial charge in [0.05, 0.1) is 17.4 Å². The summed E-state index contributed by atoms with van der Waals surface area (Å²) >= 11 is 0. The number of hydrogen-bond donors (Lipinski definition) is 2. The fourth-order valence-corrected chi connectivity index (χ4v) is 3.59. The number of rotatable bonds is 4. The van der Waals surface area contributed by atoms with Crippen molar-refractivity contribution in [3.05, 3.63) is 53.8 Å². The second-order valence-corrected chi connectivity index (χ2v) is 6.73. The number of para-hydroxylation sites is 1. The average molecular weight is 369 g/mol. The molecule has 0 bridgehead atoms. The van der Waals surface area contributed by atoms with Gasteiger partial charge in [-0.3, -0.25) is 14.5 Å². The lowest BCUT2D eigenvalue weighted by Gasteiger charge is -2.25. The van der Waals surface area contributed by atoms with Crippen LogP contribution in [-0.4, -0.2) is 35.9 Å². The molecule has 2 aromatic rings. The van der Waals surface area contributed by atoms with Gasteiger partial charge in [-0.25, -0.2) is 4.39 Å². The maximum Gasteiger partial charge on any atom is 0.262 e. The third-order valence-electron chi connectivity index (χ3n) is 4.89. The molecule has 1 unspecified atom stereocenters. The van der Waals surface area contributed by atoms with Crippen molar-refractivity contribution >= 4 is 23.2 Å². The van der Waals surface area contributed by atoms with Crippen LogP contribution in [0.2, 0.25) is 0 Å². The monoisotopic (exact) mass is 369 g/mol. The quantitative estimate of drug-likeness (QED) is 0.869. The molecule has 0 aromatic heterocycles. The van der Waals surface area contributed by atoms with E-state index in [1.54, 1.807) is 36.4 Å². The van der Waals surface area contributed by atoms with E-state index in [-0.39, 0.29) is 30.3 Å². The largest absolute Gasteiger partial charge is 0.479 e. The van der Waals surface area contributed by atoms with Gasteiger partial charge in [-0.1, -0.05) is 24.3 Å². The number of ether oxygens (including phenoxy) is 1. The Morgan fingerprint density at radius 2 is 2.11 bits per heavy atom. The summed E-state index contributed by atoms with van der Waals surface area (Å²) in [5.74, 6) is -0.176. The van der Waals surface area contributed by atoms with Gasteiger partial charge in [-0.05, 0) is 37.6 Å². The highest BCUT2D eigenvalue weighted by atomic mass is 19.1. The minimum absolute atomic E-state index is 0.0806. The predicted octanol–water partition coefficient (Wildman–Crippen LogP) is 2.76. The van der Waals surface area contributed by atoms with Crippen LogP contribution in [0.3, 0.4) is 0 Å². The molecule has 2 heterocycles. The molecule has 0 radical (unpaired) electrons. The Morgan fingerprint density at radius 3 is 2.96 bits per heavy atom. The molecule has 2 aliphatic heterocycles. The summed E-state index contributed by atoms with van der Waals surface area (Å²) in [5, 5.41) is 5.63. The van der Waals surface area contributed by atoms with Crippen LogP contribution in [0.15, 0.2) is 42.5 Å². The van der Waals surface area contributed by atoms with Gasteiger partial charge in [0.25, 0.3) is 5.91 Å². The predicted molar refractivity (Wildman–Crippen MR) is 99.0 cm³/mol. The molecule has 1 atom stereocenters. The maximum absolute atomic E-state index is 14.0. The van der Waals surface area contributed by atoms with Gasteiger partial charge in [0.1, 0.15) is 5.82 Å². The zero-order chi connectivity index (χ0) is 18.8. The number of carbonyl (C=O) groups is 2. The van der Waals surface area contributed by atoms with Crippen molar-refractivity contribution in [2.24, 2.45) is 0 Å². The molecule has 4 rings (SSSR count). The van der Waals surface area contributed by atoms with E-state index in [1.165, 1.54) is 6.07 Å². The number of nitrogens with one attached hydrogen (secondary N) is 2. The minimum Gasteiger partial charge on any atom is -0.479 e. The molecular weight excluding hydrogens is 349 g/mol. The topological polar surface area (TPSA) is 70.7 Å². The van der Waals surface area contributed by atoms with Crippen molar-refractivity contribution in [1.82, 2.24) is 4.90 Å². The van der Waals surface area contributed by atoms with E-state index in [0.717, 1.165) is 13.0 Å². The van der Waals surface area contributed by atoms with Crippen LogP contribution in [-0.2, 0) is 16.1 Å². The summed E-state index contributed by atoms with van der Waals surface area (Å²) in [4.78, 5) is 26.3. The molecule has 0 aliphatic carbocycles. The van der Waals surface area contributed by atoms with E-state index in [2.05, 4.69) is 10.6 Å². The molecule has 1 fully saturated rings. The van der Waals surface area contributed by atoms with Crippen LogP contribution in [0.25, 0.3) is 0 Å². The Labute approximate surface area is 156 Å². The van der Waals surface area contributed by atoms with Crippen LogP contribution >= 0.6 is 0 Å². The molecule has 2 amide bonds. The number of fused-ring (bicyclic) bond motifs is 1. The Kier molecular flexibility index (Phi) is 4.77. The Balaban J connectivity index is 1.49. The number of anilines is 2. The van der Waals surface area contributed by atoms with Gasteiger partial charge in [0, 0.05) is 12.1 Å². The van der Waals surface area contributed by atoms with Crippen molar-refractivity contribution in [3.63, 3.8) is 0 Å². The third-order valence-corrected chi connectivity index (χ3v) is 4.89. The zero-order valence-electron chi connectivity index (χ0n) is 14.7. The summed E-state index contributed by atoms with van der Waals surface area (Å²) in [5.41, 5.74) is 1.65. The highest BCUT2D eigenvalue weighted by Gasteiger charge is 2.32. The van der Waals surface area contributed by atoms with Crippen LogP contribution < -0.4 is 15.4 Å². The standard InChI is InChI=1S/C20H20FN3O3/c21-14-6-2-1-5-13(14)11-24-10-4-9-17(24)20(26)23-16-8-3-7-15-19(16)27-12-18(25)22-15/h1-3,5-8,17H,4,9-12H2,(H,22,25)(H,23,26). The molecule has 2 aliphatic rings. The SMILES string of the molecule is O=C1COc2c(cccc2NC(=O)C2CCCN2Cc2ccccc2F)N1. The van der Waals surface area contributed by atoms with E-state index >= 15 is 0 Å². The lowest BCUT2D eigenvalue weighted by Crippen LogP contribution is -2.39. The molecule has 2 aromatic carbocycles. The number of hydrogen-bond acceptors (Lipinski definition) is 4. The van der Waals surface area contributed by atoms with E-state index in [9.17, 15) is 14.0 Å². The number of likely N-dealkylation sites (tertiary alicyclic amines) is 1. The zero-order valence-corrected chi connectivity index (χ0v) is 14.7. The molecule has 6 nitrogen and oxygen atoms in total. The second kappa shape index (κ2) is 7.36. The van der Waals surface area contributed by atoms with Crippen molar-refractivity contribution in [3.8, 4) is 5.75 Å². The minimum atomic E-state index is -0.335. The molecule has 140 valence electrons. The number of benzene rings is 2. The molecule has 0 spiro atoms. The smallest absolute Gasteiger partial charge is 0.262 e. The number of halogens is 1. The van der Waals surface area contributed by atoms with Crippen LogP contribution in [0.4, 0.5) is 15.8 Å². The Hall–Kier alpha value is -2.93. The fourth-order valence-electron chi connectivity index (χ4n) is 3.59. The summed E-state index contributed by atoms with van der Waals surface area (Å²) in [7, 11) is 0. The van der Waals surface area contributed by atoms with Crippen molar-refractivity contribution in [2.45, 2.75) is 25.4 Å². The first-order valence-corrected chi connectivity index (χ1v) is 8.96. The van der Waals surface area contributed by atoms with E-state index in [1.807, 2.05) is 4.90 Å². The van der Waals surface area contributed by atoms with Crippen LogP contribution in [0, 0.1) is 5.82 Å². The summed E-state index contributed by atoms with van der Waals surface area (Å²) in [6.07, 6.45) is 1.60. The van der Waals surface area contributed by atoms with Gasteiger partial charge >= 0.3 is 0 Å². The molecule has 7 heteroatoms.